The lowest BCUT2D eigenvalue weighted by molar-refractivity contribution is -0.114. The largest absolute Gasteiger partial charge is 0.493 e. The smallest absolute Gasteiger partial charge is 0.165 e. The van der Waals surface area contributed by atoms with Crippen LogP contribution in [0, 0.1) is 5.82 Å². The number of alkyl halides is 1. The van der Waals surface area contributed by atoms with Gasteiger partial charge in [0.2, 0.25) is 0 Å². The average Bonchev–Trinajstić information content (AvgIpc) is 2.62. The van der Waals surface area contributed by atoms with Crippen molar-refractivity contribution < 1.29 is 18.3 Å². The zero-order valence-electron chi connectivity index (χ0n) is 13.6. The van der Waals surface area contributed by atoms with Crippen molar-refractivity contribution in [1.29, 1.82) is 0 Å². The van der Waals surface area contributed by atoms with Crippen LogP contribution < -0.4 is 10.1 Å². The molecule has 1 saturated heterocycles. The first-order chi connectivity index (χ1) is 11.7. The summed E-state index contributed by atoms with van der Waals surface area (Å²) in [6.45, 7) is 1.43. The summed E-state index contributed by atoms with van der Waals surface area (Å²) in [7, 11) is 1.35. The van der Waals surface area contributed by atoms with Gasteiger partial charge in [-0.3, -0.25) is 0 Å². The van der Waals surface area contributed by atoms with Crippen molar-refractivity contribution in [2.75, 3.05) is 26.8 Å². The van der Waals surface area contributed by atoms with Gasteiger partial charge in [-0.1, -0.05) is 42.5 Å². The van der Waals surface area contributed by atoms with E-state index in [4.69, 9.17) is 9.47 Å². The highest BCUT2D eigenvalue weighted by molar-refractivity contribution is 5.39. The van der Waals surface area contributed by atoms with Crippen LogP contribution in [0.3, 0.4) is 0 Å². The molecule has 3 nitrogen and oxygen atoms in total. The van der Waals surface area contributed by atoms with Crippen molar-refractivity contribution in [2.45, 2.75) is 18.2 Å². The van der Waals surface area contributed by atoms with Gasteiger partial charge in [0, 0.05) is 25.1 Å². The van der Waals surface area contributed by atoms with Crippen molar-refractivity contribution in [1.82, 2.24) is 5.32 Å². The van der Waals surface area contributed by atoms with Crippen molar-refractivity contribution in [3.05, 3.63) is 65.5 Å². The van der Waals surface area contributed by atoms with Gasteiger partial charge in [-0.25, -0.2) is 8.78 Å². The maximum Gasteiger partial charge on any atom is 0.165 e. The maximum atomic E-state index is 15.6. The van der Waals surface area contributed by atoms with Crippen molar-refractivity contribution in [3.8, 4) is 5.75 Å². The molecule has 2 atom stereocenters. The van der Waals surface area contributed by atoms with Gasteiger partial charge >= 0.3 is 0 Å². The molecule has 24 heavy (non-hydrogen) atoms. The number of methoxy groups -OCH3 is 1. The summed E-state index contributed by atoms with van der Waals surface area (Å²) in [6.07, 6.45) is -1.13. The fraction of sp³-hybridized carbons (Fsp3) is 0.368. The quantitative estimate of drug-likeness (QED) is 0.909. The Labute approximate surface area is 140 Å². The Morgan fingerprint density at radius 3 is 2.67 bits per heavy atom. The molecule has 0 aliphatic carbocycles. The van der Waals surface area contributed by atoms with Gasteiger partial charge in [0.25, 0.3) is 0 Å². The maximum absolute atomic E-state index is 15.6. The van der Waals surface area contributed by atoms with E-state index in [2.05, 4.69) is 5.32 Å². The second-order valence-corrected chi connectivity index (χ2v) is 5.98. The van der Waals surface area contributed by atoms with Gasteiger partial charge < -0.3 is 14.8 Å². The van der Waals surface area contributed by atoms with E-state index in [1.54, 1.807) is 6.07 Å². The number of hydrogen-bond donors (Lipinski definition) is 1. The van der Waals surface area contributed by atoms with Crippen LogP contribution in [0.5, 0.6) is 5.75 Å². The molecule has 3 rings (SSSR count). The minimum Gasteiger partial charge on any atom is -0.493 e. The molecule has 2 aromatic carbocycles. The summed E-state index contributed by atoms with van der Waals surface area (Å²) in [5.74, 6) is -0.636. The summed E-state index contributed by atoms with van der Waals surface area (Å²) in [5.41, 5.74) is 0.0528. The number of para-hydroxylation sites is 1. The minimum absolute atomic E-state index is 0.0633. The van der Waals surface area contributed by atoms with Crippen molar-refractivity contribution >= 4 is 0 Å². The van der Waals surface area contributed by atoms with Gasteiger partial charge in [0.05, 0.1) is 13.7 Å². The third kappa shape index (κ3) is 3.28. The number of halogens is 2. The molecule has 2 aromatic rings. The van der Waals surface area contributed by atoms with Crippen LogP contribution in [0.1, 0.15) is 17.3 Å². The molecule has 1 heterocycles. The van der Waals surface area contributed by atoms with Gasteiger partial charge in [-0.05, 0) is 11.6 Å². The van der Waals surface area contributed by atoms with Gasteiger partial charge in [0.1, 0.15) is 5.60 Å². The molecule has 1 aliphatic heterocycles. The lowest BCUT2D eigenvalue weighted by Gasteiger charge is -2.40. The third-order valence-corrected chi connectivity index (χ3v) is 4.38. The zero-order valence-corrected chi connectivity index (χ0v) is 13.6. The number of benzene rings is 2. The van der Waals surface area contributed by atoms with Crippen molar-refractivity contribution in [3.63, 3.8) is 0 Å². The number of morpholine rings is 1. The number of ether oxygens (including phenoxy) is 2. The first-order valence-electron chi connectivity index (χ1n) is 8.01. The molecular weight excluding hydrogens is 312 g/mol. The van der Waals surface area contributed by atoms with Gasteiger partial charge in [-0.2, -0.15) is 0 Å². The Kier molecular flexibility index (Phi) is 5.11. The van der Waals surface area contributed by atoms with E-state index in [9.17, 15) is 4.39 Å². The Balaban J connectivity index is 1.98. The zero-order chi connectivity index (χ0) is 17.0. The normalized spacial score (nSPS) is 22.1. The lowest BCUT2D eigenvalue weighted by Crippen LogP contribution is -2.54. The summed E-state index contributed by atoms with van der Waals surface area (Å²) >= 11 is 0. The average molecular weight is 333 g/mol. The van der Waals surface area contributed by atoms with Crippen LogP contribution in [0.25, 0.3) is 0 Å². The molecule has 0 spiro atoms. The first-order valence-corrected chi connectivity index (χ1v) is 8.01. The standard InChI is InChI=1S/C19H21F2NO2/c1-23-17-15(8-5-9-16(17)20)18(21)19(13-22-10-11-24-19)12-14-6-3-2-4-7-14/h2-9,18,22H,10-13H2,1H3. The van der Waals surface area contributed by atoms with E-state index < -0.39 is 17.6 Å². The molecule has 0 amide bonds. The number of hydrogen-bond acceptors (Lipinski definition) is 3. The fourth-order valence-electron chi connectivity index (χ4n) is 3.21. The Bertz CT molecular complexity index is 672. The molecule has 0 radical (unpaired) electrons. The summed E-state index contributed by atoms with van der Waals surface area (Å²) in [5, 5.41) is 3.20. The number of rotatable bonds is 5. The topological polar surface area (TPSA) is 30.5 Å². The van der Waals surface area contributed by atoms with Crippen LogP contribution in [-0.2, 0) is 11.2 Å². The molecule has 5 heteroatoms. The molecule has 128 valence electrons. The van der Waals surface area contributed by atoms with Crippen LogP contribution in [-0.4, -0.2) is 32.4 Å². The molecule has 2 unspecified atom stereocenters. The Morgan fingerprint density at radius 1 is 1.21 bits per heavy atom. The van der Waals surface area contributed by atoms with E-state index in [0.717, 1.165) is 5.56 Å². The summed E-state index contributed by atoms with van der Waals surface area (Å²) < 4.78 is 40.6. The van der Waals surface area contributed by atoms with Crippen LogP contribution in [0.4, 0.5) is 8.78 Å². The van der Waals surface area contributed by atoms with E-state index in [-0.39, 0.29) is 11.3 Å². The second kappa shape index (κ2) is 7.28. The van der Waals surface area contributed by atoms with Crippen LogP contribution in [0.15, 0.2) is 48.5 Å². The molecule has 1 N–H and O–H groups in total. The predicted molar refractivity (Wildman–Crippen MR) is 88.5 cm³/mol. The van der Waals surface area contributed by atoms with E-state index >= 15 is 4.39 Å². The fourth-order valence-corrected chi connectivity index (χ4v) is 3.21. The molecule has 0 saturated carbocycles. The predicted octanol–water partition coefficient (Wildman–Crippen LogP) is 3.45. The van der Waals surface area contributed by atoms with E-state index in [1.165, 1.54) is 19.2 Å². The van der Waals surface area contributed by atoms with E-state index in [1.807, 2.05) is 30.3 Å². The molecule has 1 aliphatic rings. The van der Waals surface area contributed by atoms with Crippen LogP contribution >= 0.6 is 0 Å². The number of nitrogens with one attached hydrogen (secondary N) is 1. The van der Waals surface area contributed by atoms with Gasteiger partial charge in [0.15, 0.2) is 17.7 Å². The summed E-state index contributed by atoms with van der Waals surface area (Å²) in [4.78, 5) is 0. The summed E-state index contributed by atoms with van der Waals surface area (Å²) in [6, 6.07) is 13.9. The van der Waals surface area contributed by atoms with Crippen LogP contribution in [0.2, 0.25) is 0 Å². The minimum atomic E-state index is -1.52. The van der Waals surface area contributed by atoms with Crippen molar-refractivity contribution in [2.24, 2.45) is 0 Å². The molecule has 0 aromatic heterocycles. The Morgan fingerprint density at radius 2 is 2.00 bits per heavy atom. The SMILES string of the molecule is COc1c(F)cccc1C(F)C1(Cc2ccccc2)CNCCO1. The highest BCUT2D eigenvalue weighted by Crippen LogP contribution is 2.41. The molecule has 1 fully saturated rings. The van der Waals surface area contributed by atoms with Gasteiger partial charge in [-0.15, -0.1) is 0 Å². The monoisotopic (exact) mass is 333 g/mol. The third-order valence-electron chi connectivity index (χ3n) is 4.38. The highest BCUT2D eigenvalue weighted by Gasteiger charge is 2.44. The molecular formula is C19H21F2NO2. The molecule has 0 bridgehead atoms. The van der Waals surface area contributed by atoms with E-state index in [0.29, 0.717) is 26.1 Å². The second-order valence-electron chi connectivity index (χ2n) is 5.98. The lowest BCUT2D eigenvalue weighted by atomic mass is 9.84. The highest BCUT2D eigenvalue weighted by atomic mass is 19.1. The Hall–Kier alpha value is -1.98. The first kappa shape index (κ1) is 16.9.